The molecule has 0 aromatic heterocycles. The zero-order valence-corrected chi connectivity index (χ0v) is 9.24. The maximum absolute atomic E-state index is 11.7. The summed E-state index contributed by atoms with van der Waals surface area (Å²) in [7, 11) is 2.07. The Kier molecular flexibility index (Phi) is 3.43. The van der Waals surface area contributed by atoms with Gasteiger partial charge in [0.2, 0.25) is 0 Å². The van der Waals surface area contributed by atoms with Crippen LogP contribution in [0.5, 0.6) is 0 Å². The Balaban J connectivity index is 1.75. The molecule has 1 atom stereocenters. The van der Waals surface area contributed by atoms with Crippen molar-refractivity contribution in [2.45, 2.75) is 12.5 Å². The van der Waals surface area contributed by atoms with Crippen molar-refractivity contribution in [3.8, 4) is 0 Å². The lowest BCUT2D eigenvalue weighted by atomic mass is 10.3. The number of hydrogen-bond acceptors (Lipinski definition) is 4. The highest BCUT2D eigenvalue weighted by Gasteiger charge is 2.24. The smallest absolute Gasteiger partial charge is 0.410 e. The molecule has 2 rings (SSSR count). The molecule has 0 aromatic carbocycles. The van der Waals surface area contributed by atoms with E-state index >= 15 is 0 Å². The molecule has 0 radical (unpaired) electrons. The molecular formula is C10H19N3O2. The summed E-state index contributed by atoms with van der Waals surface area (Å²) in [5.74, 6) is 0. The lowest BCUT2D eigenvalue weighted by Crippen LogP contribution is -2.48. The summed E-state index contributed by atoms with van der Waals surface area (Å²) < 4.78 is 5.39. The molecule has 0 aromatic rings. The number of rotatable bonds is 1. The van der Waals surface area contributed by atoms with Crippen molar-refractivity contribution < 1.29 is 9.53 Å². The van der Waals surface area contributed by atoms with Crippen LogP contribution in [-0.4, -0.2) is 68.3 Å². The van der Waals surface area contributed by atoms with Gasteiger partial charge < -0.3 is 19.9 Å². The Labute approximate surface area is 90.4 Å². The van der Waals surface area contributed by atoms with E-state index in [9.17, 15) is 4.79 Å². The van der Waals surface area contributed by atoms with Crippen LogP contribution in [-0.2, 0) is 4.74 Å². The van der Waals surface area contributed by atoms with Crippen LogP contribution in [0.4, 0.5) is 4.79 Å². The first-order valence-corrected chi connectivity index (χ1v) is 5.60. The normalized spacial score (nSPS) is 28.1. The van der Waals surface area contributed by atoms with Crippen LogP contribution in [0, 0.1) is 0 Å². The van der Waals surface area contributed by atoms with Gasteiger partial charge in [0.05, 0.1) is 0 Å². The largest absolute Gasteiger partial charge is 0.445 e. The van der Waals surface area contributed by atoms with Gasteiger partial charge in [-0.1, -0.05) is 0 Å². The number of amides is 1. The summed E-state index contributed by atoms with van der Waals surface area (Å²) in [6.07, 6.45) is 0.883. The Hall–Kier alpha value is -0.810. The average molecular weight is 213 g/mol. The Morgan fingerprint density at radius 2 is 2.07 bits per heavy atom. The molecule has 1 unspecified atom stereocenters. The second-order valence-corrected chi connectivity index (χ2v) is 4.29. The van der Waals surface area contributed by atoms with Crippen molar-refractivity contribution in [3.05, 3.63) is 0 Å². The highest BCUT2D eigenvalue weighted by Crippen LogP contribution is 2.08. The zero-order valence-electron chi connectivity index (χ0n) is 9.24. The molecule has 15 heavy (non-hydrogen) atoms. The van der Waals surface area contributed by atoms with Crippen molar-refractivity contribution in [2.24, 2.45) is 0 Å². The molecule has 1 amide bonds. The van der Waals surface area contributed by atoms with Crippen molar-refractivity contribution in [2.75, 3.05) is 46.3 Å². The summed E-state index contributed by atoms with van der Waals surface area (Å²) in [5.41, 5.74) is 0. The van der Waals surface area contributed by atoms with Crippen LogP contribution in [0.1, 0.15) is 6.42 Å². The first kappa shape index (κ1) is 10.7. The van der Waals surface area contributed by atoms with Gasteiger partial charge in [-0.15, -0.1) is 0 Å². The van der Waals surface area contributed by atoms with Crippen LogP contribution < -0.4 is 5.32 Å². The van der Waals surface area contributed by atoms with E-state index in [2.05, 4.69) is 17.3 Å². The quantitative estimate of drug-likeness (QED) is 0.651. The number of carbonyl (C=O) groups is 1. The van der Waals surface area contributed by atoms with Gasteiger partial charge in [0, 0.05) is 32.7 Å². The summed E-state index contributed by atoms with van der Waals surface area (Å²) in [6, 6.07) is 0. The number of hydrogen-bond donors (Lipinski definition) is 1. The lowest BCUT2D eigenvalue weighted by Gasteiger charge is -2.32. The fourth-order valence-corrected chi connectivity index (χ4v) is 1.93. The van der Waals surface area contributed by atoms with Crippen molar-refractivity contribution in [1.82, 2.24) is 15.1 Å². The molecule has 2 heterocycles. The monoisotopic (exact) mass is 213 g/mol. The fraction of sp³-hybridized carbons (Fsp3) is 0.900. The van der Waals surface area contributed by atoms with Crippen molar-refractivity contribution in [3.63, 3.8) is 0 Å². The Bertz CT molecular complexity index is 221. The minimum absolute atomic E-state index is 0.0807. The highest BCUT2D eigenvalue weighted by molar-refractivity contribution is 5.68. The maximum atomic E-state index is 11.7. The lowest BCUT2D eigenvalue weighted by molar-refractivity contribution is 0.0559. The van der Waals surface area contributed by atoms with Gasteiger partial charge in [0.1, 0.15) is 6.10 Å². The summed E-state index contributed by atoms with van der Waals surface area (Å²) in [5, 5.41) is 3.18. The molecule has 86 valence electrons. The van der Waals surface area contributed by atoms with Gasteiger partial charge in [-0.05, 0) is 20.0 Å². The molecule has 1 N–H and O–H groups in total. The van der Waals surface area contributed by atoms with Gasteiger partial charge in [-0.3, -0.25) is 0 Å². The topological polar surface area (TPSA) is 44.8 Å². The third kappa shape index (κ3) is 2.82. The highest BCUT2D eigenvalue weighted by atomic mass is 16.6. The Morgan fingerprint density at radius 1 is 1.33 bits per heavy atom. The number of carbonyl (C=O) groups excluding carboxylic acids is 1. The van der Waals surface area contributed by atoms with Crippen LogP contribution in [0.3, 0.4) is 0 Å². The van der Waals surface area contributed by atoms with Crippen molar-refractivity contribution >= 4 is 6.09 Å². The summed E-state index contributed by atoms with van der Waals surface area (Å²) in [6.45, 7) is 5.22. The Morgan fingerprint density at radius 3 is 2.67 bits per heavy atom. The standard InChI is InChI=1S/C10H19N3O2/c1-12-4-6-13(7-5-12)10(14)15-9-2-3-11-8-9/h9,11H,2-8H2,1H3. The van der Waals surface area contributed by atoms with Gasteiger partial charge in [0.25, 0.3) is 0 Å². The second-order valence-electron chi connectivity index (χ2n) is 4.29. The predicted molar refractivity (Wildman–Crippen MR) is 56.8 cm³/mol. The van der Waals surface area contributed by atoms with E-state index in [1.807, 2.05) is 0 Å². The molecule has 5 heteroatoms. The molecule has 2 aliphatic rings. The van der Waals surface area contributed by atoms with Crippen LogP contribution >= 0.6 is 0 Å². The number of ether oxygens (including phenoxy) is 1. The maximum Gasteiger partial charge on any atom is 0.410 e. The van der Waals surface area contributed by atoms with Crippen LogP contribution in [0.2, 0.25) is 0 Å². The number of likely N-dealkylation sites (N-methyl/N-ethyl adjacent to an activating group) is 1. The van der Waals surface area contributed by atoms with Crippen molar-refractivity contribution in [1.29, 1.82) is 0 Å². The molecule has 2 fully saturated rings. The average Bonchev–Trinajstić information content (AvgIpc) is 2.71. The van der Waals surface area contributed by atoms with E-state index < -0.39 is 0 Å². The van der Waals surface area contributed by atoms with Gasteiger partial charge in [0.15, 0.2) is 0 Å². The zero-order chi connectivity index (χ0) is 10.7. The third-order valence-electron chi connectivity index (χ3n) is 3.04. The first-order valence-electron chi connectivity index (χ1n) is 5.60. The van der Waals surface area contributed by atoms with E-state index in [0.29, 0.717) is 0 Å². The SMILES string of the molecule is CN1CCN(C(=O)OC2CCNC2)CC1. The van der Waals surface area contributed by atoms with Gasteiger partial charge in [-0.25, -0.2) is 4.79 Å². The number of nitrogens with one attached hydrogen (secondary N) is 1. The molecule has 0 spiro atoms. The van der Waals surface area contributed by atoms with Crippen LogP contribution in [0.25, 0.3) is 0 Å². The molecule has 0 aliphatic carbocycles. The molecule has 0 saturated carbocycles. The van der Waals surface area contributed by atoms with E-state index in [-0.39, 0.29) is 12.2 Å². The van der Waals surface area contributed by atoms with Gasteiger partial charge in [-0.2, -0.15) is 0 Å². The molecule has 5 nitrogen and oxygen atoms in total. The van der Waals surface area contributed by atoms with Crippen LogP contribution in [0.15, 0.2) is 0 Å². The molecule has 2 aliphatic heterocycles. The fourth-order valence-electron chi connectivity index (χ4n) is 1.93. The second kappa shape index (κ2) is 4.81. The van der Waals surface area contributed by atoms with E-state index in [1.54, 1.807) is 4.90 Å². The molecular weight excluding hydrogens is 194 g/mol. The minimum Gasteiger partial charge on any atom is -0.445 e. The first-order chi connectivity index (χ1) is 7.25. The molecule has 2 saturated heterocycles. The summed E-state index contributed by atoms with van der Waals surface area (Å²) >= 11 is 0. The summed E-state index contributed by atoms with van der Waals surface area (Å²) in [4.78, 5) is 15.7. The predicted octanol–water partition coefficient (Wildman–Crippen LogP) is -0.268. The van der Waals surface area contributed by atoms with E-state index in [0.717, 1.165) is 45.7 Å². The number of piperazine rings is 1. The van der Waals surface area contributed by atoms with E-state index in [4.69, 9.17) is 4.74 Å². The minimum atomic E-state index is -0.142. The molecule has 0 bridgehead atoms. The number of nitrogens with zero attached hydrogens (tertiary/aromatic N) is 2. The van der Waals surface area contributed by atoms with Gasteiger partial charge >= 0.3 is 6.09 Å². The third-order valence-corrected chi connectivity index (χ3v) is 3.04. The van der Waals surface area contributed by atoms with E-state index in [1.165, 1.54) is 0 Å².